The molecule has 0 fully saturated rings. The molecule has 0 aromatic heterocycles. The van der Waals surface area contributed by atoms with Gasteiger partial charge >= 0.3 is 0 Å². The molecule has 0 heterocycles. The van der Waals surface area contributed by atoms with Crippen molar-refractivity contribution in [2.24, 2.45) is 0 Å². The highest BCUT2D eigenvalue weighted by molar-refractivity contribution is 6.01. The van der Waals surface area contributed by atoms with Crippen molar-refractivity contribution in [2.45, 2.75) is 13.0 Å². The Hall–Kier alpha value is -1.35. The number of hydrogen-bond acceptors (Lipinski definition) is 3. The fraction of sp³-hybridized carbons (Fsp3) is 0.300. The van der Waals surface area contributed by atoms with Gasteiger partial charge in [-0.15, -0.1) is 0 Å². The van der Waals surface area contributed by atoms with E-state index in [1.807, 2.05) is 0 Å². The monoisotopic (exact) mass is 180 g/mol. The zero-order valence-electron chi connectivity index (χ0n) is 7.65. The predicted octanol–water partition coefficient (Wildman–Crippen LogP) is 1.26. The third-order valence-corrected chi connectivity index (χ3v) is 1.75. The number of Topliss-reactive ketones (excluding diaryl/α,β-unsaturated/α-hetero) is 1. The lowest BCUT2D eigenvalue weighted by atomic mass is 10.1. The van der Waals surface area contributed by atoms with E-state index in [1.54, 1.807) is 24.3 Å². The number of carbonyl (C=O) groups is 1. The van der Waals surface area contributed by atoms with Crippen LogP contribution in [0.3, 0.4) is 0 Å². The summed E-state index contributed by atoms with van der Waals surface area (Å²) < 4.78 is 4.98. The molecule has 13 heavy (non-hydrogen) atoms. The Morgan fingerprint density at radius 3 is 2.62 bits per heavy atom. The quantitative estimate of drug-likeness (QED) is 0.712. The second kappa shape index (κ2) is 4.05. The summed E-state index contributed by atoms with van der Waals surface area (Å²) in [6, 6.07) is 6.83. The standard InChI is InChI=1S/C10H12O3/c1-7(11)10(12)8-5-3-4-6-9(8)13-2/h3-7,11H,1-2H3. The summed E-state index contributed by atoms with van der Waals surface area (Å²) in [6.07, 6.45) is -0.990. The third-order valence-electron chi connectivity index (χ3n) is 1.75. The number of rotatable bonds is 3. The summed E-state index contributed by atoms with van der Waals surface area (Å²) in [5.74, 6) is 0.172. The number of methoxy groups -OCH3 is 1. The van der Waals surface area contributed by atoms with Gasteiger partial charge in [-0.1, -0.05) is 12.1 Å². The molecule has 0 saturated heterocycles. The van der Waals surface area contributed by atoms with E-state index in [4.69, 9.17) is 9.84 Å². The number of aliphatic hydroxyl groups excluding tert-OH is 1. The van der Waals surface area contributed by atoms with E-state index >= 15 is 0 Å². The average Bonchev–Trinajstić information content (AvgIpc) is 2.16. The molecule has 1 unspecified atom stereocenters. The molecule has 1 aromatic rings. The topological polar surface area (TPSA) is 46.5 Å². The van der Waals surface area contributed by atoms with Crippen molar-refractivity contribution in [1.82, 2.24) is 0 Å². The number of ketones is 1. The fourth-order valence-electron chi connectivity index (χ4n) is 1.07. The van der Waals surface area contributed by atoms with Gasteiger partial charge in [0.1, 0.15) is 11.9 Å². The van der Waals surface area contributed by atoms with E-state index in [9.17, 15) is 4.79 Å². The average molecular weight is 180 g/mol. The molecular weight excluding hydrogens is 168 g/mol. The Balaban J connectivity index is 3.06. The second-order valence-corrected chi connectivity index (χ2v) is 2.74. The lowest BCUT2D eigenvalue weighted by Gasteiger charge is -2.08. The second-order valence-electron chi connectivity index (χ2n) is 2.74. The van der Waals surface area contributed by atoms with Crippen LogP contribution < -0.4 is 4.74 Å². The van der Waals surface area contributed by atoms with Gasteiger partial charge in [-0.2, -0.15) is 0 Å². The molecular formula is C10H12O3. The third kappa shape index (κ3) is 2.06. The van der Waals surface area contributed by atoms with Crippen LogP contribution in [0.2, 0.25) is 0 Å². The first-order valence-electron chi connectivity index (χ1n) is 4.02. The van der Waals surface area contributed by atoms with Crippen LogP contribution in [0.15, 0.2) is 24.3 Å². The van der Waals surface area contributed by atoms with Gasteiger partial charge in [-0.05, 0) is 19.1 Å². The Kier molecular flexibility index (Phi) is 3.03. The molecule has 1 rings (SSSR count). The van der Waals surface area contributed by atoms with E-state index in [0.29, 0.717) is 11.3 Å². The van der Waals surface area contributed by atoms with Gasteiger partial charge in [-0.3, -0.25) is 4.79 Å². The van der Waals surface area contributed by atoms with Crippen LogP contribution >= 0.6 is 0 Å². The molecule has 1 aromatic carbocycles. The van der Waals surface area contributed by atoms with Crippen LogP contribution in [0.4, 0.5) is 0 Å². The first kappa shape index (κ1) is 9.74. The number of hydrogen-bond donors (Lipinski definition) is 1. The first-order chi connectivity index (χ1) is 6.16. The molecule has 0 aliphatic rings. The van der Waals surface area contributed by atoms with Gasteiger partial charge < -0.3 is 9.84 Å². The van der Waals surface area contributed by atoms with Gasteiger partial charge in [0.05, 0.1) is 12.7 Å². The lowest BCUT2D eigenvalue weighted by Crippen LogP contribution is -2.16. The van der Waals surface area contributed by atoms with E-state index in [2.05, 4.69) is 0 Å². The molecule has 0 aliphatic carbocycles. The van der Waals surface area contributed by atoms with E-state index in [1.165, 1.54) is 14.0 Å². The first-order valence-corrected chi connectivity index (χ1v) is 4.02. The largest absolute Gasteiger partial charge is 0.496 e. The van der Waals surface area contributed by atoms with Crippen molar-refractivity contribution in [3.8, 4) is 5.75 Å². The van der Waals surface area contributed by atoms with Crippen molar-refractivity contribution in [3.05, 3.63) is 29.8 Å². The van der Waals surface area contributed by atoms with Gasteiger partial charge in [0.25, 0.3) is 0 Å². The predicted molar refractivity (Wildman–Crippen MR) is 49.0 cm³/mol. The molecule has 3 nitrogen and oxygen atoms in total. The molecule has 1 atom stereocenters. The summed E-state index contributed by atoms with van der Waals surface area (Å²) in [5, 5.41) is 9.09. The molecule has 1 N–H and O–H groups in total. The molecule has 70 valence electrons. The van der Waals surface area contributed by atoms with Gasteiger partial charge in [0.2, 0.25) is 0 Å². The minimum Gasteiger partial charge on any atom is -0.496 e. The molecule has 3 heteroatoms. The zero-order chi connectivity index (χ0) is 9.84. The Morgan fingerprint density at radius 1 is 1.46 bits per heavy atom. The van der Waals surface area contributed by atoms with Gasteiger partial charge in [0, 0.05) is 0 Å². The van der Waals surface area contributed by atoms with Crippen molar-refractivity contribution in [1.29, 1.82) is 0 Å². The Morgan fingerprint density at radius 2 is 2.08 bits per heavy atom. The maximum Gasteiger partial charge on any atom is 0.194 e. The molecule has 0 aliphatic heterocycles. The highest BCUT2D eigenvalue weighted by Gasteiger charge is 2.15. The maximum atomic E-state index is 11.4. The maximum absolute atomic E-state index is 11.4. The molecule has 0 radical (unpaired) electrons. The van der Waals surface area contributed by atoms with Crippen molar-refractivity contribution >= 4 is 5.78 Å². The van der Waals surface area contributed by atoms with Crippen LogP contribution in [-0.2, 0) is 0 Å². The Bertz CT molecular complexity index is 305. The Labute approximate surface area is 77.0 Å². The van der Waals surface area contributed by atoms with Crippen molar-refractivity contribution < 1.29 is 14.6 Å². The minimum atomic E-state index is -0.990. The minimum absolute atomic E-state index is 0.322. The van der Waals surface area contributed by atoms with Crippen LogP contribution in [-0.4, -0.2) is 24.1 Å². The van der Waals surface area contributed by atoms with Crippen LogP contribution in [0.25, 0.3) is 0 Å². The number of ether oxygens (including phenoxy) is 1. The molecule has 0 saturated carbocycles. The number of benzene rings is 1. The normalized spacial score (nSPS) is 12.2. The summed E-state index contributed by atoms with van der Waals surface area (Å²) >= 11 is 0. The number of aliphatic hydroxyl groups is 1. The van der Waals surface area contributed by atoms with E-state index in [-0.39, 0.29) is 5.78 Å². The summed E-state index contributed by atoms with van der Waals surface area (Å²) in [7, 11) is 1.49. The van der Waals surface area contributed by atoms with Crippen molar-refractivity contribution in [3.63, 3.8) is 0 Å². The van der Waals surface area contributed by atoms with Crippen LogP contribution in [0.5, 0.6) is 5.75 Å². The highest BCUT2D eigenvalue weighted by Crippen LogP contribution is 2.18. The lowest BCUT2D eigenvalue weighted by molar-refractivity contribution is 0.0776. The smallest absolute Gasteiger partial charge is 0.194 e. The molecule has 0 bridgehead atoms. The molecule has 0 spiro atoms. The van der Waals surface area contributed by atoms with Gasteiger partial charge in [0.15, 0.2) is 5.78 Å². The zero-order valence-corrected chi connectivity index (χ0v) is 7.65. The number of para-hydroxylation sites is 1. The van der Waals surface area contributed by atoms with Crippen LogP contribution in [0.1, 0.15) is 17.3 Å². The fourth-order valence-corrected chi connectivity index (χ4v) is 1.07. The summed E-state index contributed by atoms with van der Waals surface area (Å²) in [5.41, 5.74) is 0.417. The van der Waals surface area contributed by atoms with Crippen molar-refractivity contribution in [2.75, 3.05) is 7.11 Å². The van der Waals surface area contributed by atoms with E-state index < -0.39 is 6.10 Å². The summed E-state index contributed by atoms with van der Waals surface area (Å²) in [4.78, 5) is 11.4. The van der Waals surface area contributed by atoms with Gasteiger partial charge in [-0.25, -0.2) is 0 Å². The molecule has 0 amide bonds. The number of carbonyl (C=O) groups excluding carboxylic acids is 1. The summed E-state index contributed by atoms with van der Waals surface area (Å²) in [6.45, 7) is 1.44. The highest BCUT2D eigenvalue weighted by atomic mass is 16.5. The van der Waals surface area contributed by atoms with Crippen LogP contribution in [0, 0.1) is 0 Å². The van der Waals surface area contributed by atoms with E-state index in [0.717, 1.165) is 0 Å². The SMILES string of the molecule is COc1ccccc1C(=O)C(C)O.